The Morgan fingerprint density at radius 1 is 1.24 bits per heavy atom. The van der Waals surface area contributed by atoms with Crippen LogP contribution in [-0.2, 0) is 0 Å². The summed E-state index contributed by atoms with van der Waals surface area (Å²) in [6.45, 7) is 5.60. The van der Waals surface area contributed by atoms with Crippen molar-refractivity contribution < 1.29 is 0 Å². The van der Waals surface area contributed by atoms with E-state index in [1.807, 2.05) is 5.51 Å². The molecule has 3 nitrogen and oxygen atoms in total. The molecule has 0 bridgehead atoms. The zero-order chi connectivity index (χ0) is 14.5. The van der Waals surface area contributed by atoms with Crippen molar-refractivity contribution in [3.05, 3.63) is 52.5 Å². The summed E-state index contributed by atoms with van der Waals surface area (Å²) in [7, 11) is 0. The number of aromatic nitrogens is 1. The zero-order valence-corrected chi connectivity index (χ0v) is 13.4. The first-order chi connectivity index (χ1) is 10.3. The van der Waals surface area contributed by atoms with Gasteiger partial charge in [0.2, 0.25) is 0 Å². The summed E-state index contributed by atoms with van der Waals surface area (Å²) in [5, 5.41) is 5.79. The van der Waals surface area contributed by atoms with Gasteiger partial charge < -0.3 is 5.32 Å². The largest absolute Gasteiger partial charge is 0.307 e. The topological polar surface area (TPSA) is 28.2 Å². The van der Waals surface area contributed by atoms with E-state index in [9.17, 15) is 0 Å². The van der Waals surface area contributed by atoms with Gasteiger partial charge in [-0.05, 0) is 38.4 Å². The quantitative estimate of drug-likeness (QED) is 0.883. The molecule has 0 spiro atoms. The first-order valence-corrected chi connectivity index (χ1v) is 8.69. The SMILES string of the molecule is CC(NCC(c1ccccc1)N1CCCC1)c1cscn1. The van der Waals surface area contributed by atoms with Crippen LogP contribution in [0.2, 0.25) is 0 Å². The third-order valence-electron chi connectivity index (χ3n) is 4.28. The first kappa shape index (κ1) is 14.7. The lowest BCUT2D eigenvalue weighted by atomic mass is 10.1. The molecule has 21 heavy (non-hydrogen) atoms. The minimum absolute atomic E-state index is 0.310. The van der Waals surface area contributed by atoms with Crippen LogP contribution in [0.1, 0.15) is 43.1 Å². The number of likely N-dealkylation sites (tertiary alicyclic amines) is 1. The molecular formula is C17H23N3S. The molecule has 0 amide bonds. The molecule has 1 aliphatic heterocycles. The number of rotatable bonds is 6. The Bertz CT molecular complexity index is 520. The molecule has 1 N–H and O–H groups in total. The molecule has 1 aliphatic rings. The average molecular weight is 301 g/mol. The Morgan fingerprint density at radius 3 is 2.67 bits per heavy atom. The summed E-state index contributed by atoms with van der Waals surface area (Å²) >= 11 is 1.66. The standard InChI is InChI=1S/C17H23N3S/c1-14(16-12-21-13-19-16)18-11-17(20-9-5-6-10-20)15-7-3-2-4-8-15/h2-4,7-8,12-14,17-18H,5-6,9-11H2,1H3. The fourth-order valence-corrected chi connectivity index (χ4v) is 3.66. The molecule has 2 heterocycles. The summed E-state index contributed by atoms with van der Waals surface area (Å²) < 4.78 is 0. The molecule has 112 valence electrons. The van der Waals surface area contributed by atoms with Crippen LogP contribution in [0.25, 0.3) is 0 Å². The smallest absolute Gasteiger partial charge is 0.0795 e. The monoisotopic (exact) mass is 301 g/mol. The van der Waals surface area contributed by atoms with E-state index in [2.05, 4.69) is 57.8 Å². The molecular weight excluding hydrogens is 278 g/mol. The normalized spacial score (nSPS) is 18.7. The summed E-state index contributed by atoms with van der Waals surface area (Å²) in [5.41, 5.74) is 4.47. The Kier molecular flexibility index (Phi) is 5.01. The molecule has 0 saturated carbocycles. The van der Waals surface area contributed by atoms with E-state index in [4.69, 9.17) is 0 Å². The molecule has 2 aromatic rings. The Labute approximate surface area is 131 Å². The predicted octanol–water partition coefficient (Wildman–Crippen LogP) is 3.63. The van der Waals surface area contributed by atoms with Gasteiger partial charge in [0.15, 0.2) is 0 Å². The lowest BCUT2D eigenvalue weighted by Crippen LogP contribution is -2.35. The second kappa shape index (κ2) is 7.16. The van der Waals surface area contributed by atoms with E-state index in [1.54, 1.807) is 11.3 Å². The van der Waals surface area contributed by atoms with Crippen molar-refractivity contribution in [2.24, 2.45) is 0 Å². The van der Waals surface area contributed by atoms with Gasteiger partial charge in [0.25, 0.3) is 0 Å². The molecule has 1 aromatic carbocycles. The molecule has 4 heteroatoms. The van der Waals surface area contributed by atoms with Crippen LogP contribution in [0.4, 0.5) is 0 Å². The molecule has 0 aliphatic carbocycles. The Balaban J connectivity index is 1.67. The maximum Gasteiger partial charge on any atom is 0.0795 e. The maximum atomic E-state index is 4.41. The number of thiazole rings is 1. The fourth-order valence-electron chi connectivity index (χ4n) is 3.01. The number of nitrogens with zero attached hydrogens (tertiary/aromatic N) is 2. The van der Waals surface area contributed by atoms with Crippen LogP contribution in [0.5, 0.6) is 0 Å². The fraction of sp³-hybridized carbons (Fsp3) is 0.471. The third-order valence-corrected chi connectivity index (χ3v) is 4.88. The lowest BCUT2D eigenvalue weighted by molar-refractivity contribution is 0.233. The van der Waals surface area contributed by atoms with E-state index in [-0.39, 0.29) is 0 Å². The second-order valence-corrected chi connectivity index (χ2v) is 6.43. The number of hydrogen-bond acceptors (Lipinski definition) is 4. The van der Waals surface area contributed by atoms with Gasteiger partial charge in [-0.25, -0.2) is 4.98 Å². The van der Waals surface area contributed by atoms with Gasteiger partial charge in [-0.3, -0.25) is 4.90 Å². The minimum atomic E-state index is 0.310. The van der Waals surface area contributed by atoms with E-state index in [0.29, 0.717) is 12.1 Å². The van der Waals surface area contributed by atoms with Gasteiger partial charge in [0, 0.05) is 24.0 Å². The van der Waals surface area contributed by atoms with Gasteiger partial charge in [-0.2, -0.15) is 0 Å². The Hall–Kier alpha value is -1.23. The molecule has 1 aromatic heterocycles. The van der Waals surface area contributed by atoms with Crippen molar-refractivity contribution in [2.45, 2.75) is 31.8 Å². The van der Waals surface area contributed by atoms with E-state index < -0.39 is 0 Å². The average Bonchev–Trinajstić information content (AvgIpc) is 3.22. The highest BCUT2D eigenvalue weighted by Gasteiger charge is 2.23. The Morgan fingerprint density at radius 2 is 2.00 bits per heavy atom. The van der Waals surface area contributed by atoms with Gasteiger partial charge in [0.05, 0.1) is 11.2 Å². The van der Waals surface area contributed by atoms with Crippen molar-refractivity contribution in [1.82, 2.24) is 15.2 Å². The highest BCUT2D eigenvalue weighted by molar-refractivity contribution is 7.07. The van der Waals surface area contributed by atoms with Crippen molar-refractivity contribution in [2.75, 3.05) is 19.6 Å². The summed E-state index contributed by atoms with van der Waals surface area (Å²) in [6, 6.07) is 11.6. The van der Waals surface area contributed by atoms with E-state index in [1.165, 1.54) is 31.5 Å². The lowest BCUT2D eigenvalue weighted by Gasteiger charge is -2.29. The van der Waals surface area contributed by atoms with Crippen molar-refractivity contribution in [1.29, 1.82) is 0 Å². The number of nitrogens with one attached hydrogen (secondary N) is 1. The molecule has 3 rings (SSSR count). The van der Waals surface area contributed by atoms with Crippen LogP contribution < -0.4 is 5.32 Å². The summed E-state index contributed by atoms with van der Waals surface area (Å²) in [5.74, 6) is 0. The van der Waals surface area contributed by atoms with Crippen molar-refractivity contribution in [3.8, 4) is 0 Å². The van der Waals surface area contributed by atoms with Crippen LogP contribution in [0.15, 0.2) is 41.2 Å². The van der Waals surface area contributed by atoms with Crippen LogP contribution in [0.3, 0.4) is 0 Å². The van der Waals surface area contributed by atoms with Crippen LogP contribution >= 0.6 is 11.3 Å². The van der Waals surface area contributed by atoms with Gasteiger partial charge >= 0.3 is 0 Å². The molecule has 2 atom stereocenters. The molecule has 2 unspecified atom stereocenters. The third kappa shape index (κ3) is 3.70. The number of hydrogen-bond donors (Lipinski definition) is 1. The van der Waals surface area contributed by atoms with Gasteiger partial charge in [0.1, 0.15) is 0 Å². The maximum absolute atomic E-state index is 4.41. The summed E-state index contributed by atoms with van der Waals surface area (Å²) in [6.07, 6.45) is 2.65. The van der Waals surface area contributed by atoms with E-state index >= 15 is 0 Å². The first-order valence-electron chi connectivity index (χ1n) is 7.75. The van der Waals surface area contributed by atoms with E-state index in [0.717, 1.165) is 12.2 Å². The van der Waals surface area contributed by atoms with Crippen LogP contribution in [0, 0.1) is 0 Å². The van der Waals surface area contributed by atoms with Crippen molar-refractivity contribution >= 4 is 11.3 Å². The zero-order valence-electron chi connectivity index (χ0n) is 12.5. The molecule has 1 saturated heterocycles. The second-order valence-electron chi connectivity index (χ2n) is 5.71. The van der Waals surface area contributed by atoms with Gasteiger partial charge in [-0.15, -0.1) is 11.3 Å². The van der Waals surface area contributed by atoms with Crippen molar-refractivity contribution in [3.63, 3.8) is 0 Å². The predicted molar refractivity (Wildman–Crippen MR) is 88.5 cm³/mol. The summed E-state index contributed by atoms with van der Waals surface area (Å²) in [4.78, 5) is 7.01. The highest BCUT2D eigenvalue weighted by atomic mass is 32.1. The van der Waals surface area contributed by atoms with Crippen LogP contribution in [-0.4, -0.2) is 29.5 Å². The minimum Gasteiger partial charge on any atom is -0.307 e. The molecule has 1 fully saturated rings. The number of benzene rings is 1. The highest BCUT2D eigenvalue weighted by Crippen LogP contribution is 2.25. The van der Waals surface area contributed by atoms with Gasteiger partial charge in [-0.1, -0.05) is 30.3 Å². The molecule has 0 radical (unpaired) electrons.